The van der Waals surface area contributed by atoms with E-state index in [-0.39, 0.29) is 57.3 Å². The number of para-hydroxylation sites is 2. The summed E-state index contributed by atoms with van der Waals surface area (Å²) in [6.07, 6.45) is -0.493. The fourth-order valence-electron chi connectivity index (χ4n) is 8.22. The molecule has 2 saturated heterocycles. The minimum atomic E-state index is -1.12. The minimum absolute atomic E-state index is 0.0243. The lowest BCUT2D eigenvalue weighted by Gasteiger charge is -2.34. The number of unbranched alkanes of at least 4 members (excludes halogenated alkanes) is 1. The number of Topliss-reactive ketones (excluding diaryl/α,β-unsaturated/α-hetero) is 2. The molecule has 1 aromatic heterocycles. The van der Waals surface area contributed by atoms with Gasteiger partial charge in [0, 0.05) is 50.5 Å². The van der Waals surface area contributed by atoms with E-state index in [1.165, 1.54) is 9.80 Å². The van der Waals surface area contributed by atoms with Crippen molar-refractivity contribution in [1.29, 1.82) is 0 Å². The van der Waals surface area contributed by atoms with Crippen LogP contribution in [0.15, 0.2) is 120 Å². The van der Waals surface area contributed by atoms with Gasteiger partial charge in [-0.3, -0.25) is 19.2 Å². The van der Waals surface area contributed by atoms with Crippen molar-refractivity contribution >= 4 is 46.7 Å². The lowest BCUT2D eigenvalue weighted by molar-refractivity contribution is -0.139. The van der Waals surface area contributed by atoms with Crippen molar-refractivity contribution in [2.24, 2.45) is 11.7 Å². The third-order valence-electron chi connectivity index (χ3n) is 11.7. The first-order valence-electron chi connectivity index (χ1n) is 21.9. The maximum absolute atomic E-state index is 14.8. The third kappa shape index (κ3) is 11.8. The standard InChI is InChI=1S/C49H54N6O9/c50-25-13-12-20-37(44(57)45-51-39-21-10-11-22-43(39)64-45)30-42(56)41-31-38(63-49(61)54-28-26-53(27-29-54)46(58)36-18-8-3-9-19-36)32-55(41)47(59)40(24-23-34-14-4-1-5-15-34)52-48(60)62-33-35-16-6-2-7-17-35/h1-11,14-19,21-22,37-38,40-41H,12-13,20,23-33,50H2,(H,52,60)/t37-,38-,40-,41+/m1/s1. The number of amides is 4. The molecule has 4 amide bonds. The molecule has 334 valence electrons. The molecule has 5 aromatic rings. The number of oxazole rings is 1. The van der Waals surface area contributed by atoms with Gasteiger partial charge < -0.3 is 39.6 Å². The van der Waals surface area contributed by atoms with Gasteiger partial charge in [0.05, 0.1) is 12.6 Å². The van der Waals surface area contributed by atoms with E-state index in [1.807, 2.05) is 66.7 Å². The topological polar surface area (TPSA) is 195 Å². The third-order valence-corrected chi connectivity index (χ3v) is 11.7. The van der Waals surface area contributed by atoms with E-state index in [0.717, 1.165) is 11.1 Å². The van der Waals surface area contributed by atoms with Crippen molar-refractivity contribution in [3.63, 3.8) is 0 Å². The maximum Gasteiger partial charge on any atom is 0.410 e. The normalized spacial score (nSPS) is 17.1. The van der Waals surface area contributed by atoms with Crippen LogP contribution >= 0.6 is 0 Å². The Bertz CT molecular complexity index is 2340. The molecule has 7 rings (SSSR count). The van der Waals surface area contributed by atoms with Crippen LogP contribution in [0.1, 0.15) is 70.7 Å². The number of fused-ring (bicyclic) bond motifs is 1. The number of likely N-dealkylation sites (tertiary alicyclic amines) is 1. The fraction of sp³-hybridized carbons (Fsp3) is 0.367. The second-order valence-electron chi connectivity index (χ2n) is 16.2. The smallest absolute Gasteiger partial charge is 0.410 e. The summed E-state index contributed by atoms with van der Waals surface area (Å²) in [6, 6.07) is 32.3. The monoisotopic (exact) mass is 870 g/mol. The van der Waals surface area contributed by atoms with Crippen LogP contribution in [0.3, 0.4) is 0 Å². The lowest BCUT2D eigenvalue weighted by atomic mass is 9.89. The number of rotatable bonds is 18. The SMILES string of the molecule is NCCCC[C@H](CC(=O)[C@@H]1C[C@@H](OC(=O)N2CCN(C(=O)c3ccccc3)CC2)CN1C(=O)[C@@H](CCc1ccccc1)NC(=O)OCc1ccccc1)C(=O)c1nc2ccccc2o1. The van der Waals surface area contributed by atoms with Crippen LogP contribution in [0, 0.1) is 5.92 Å². The number of aromatic nitrogens is 1. The Morgan fingerprint density at radius 2 is 1.41 bits per heavy atom. The summed E-state index contributed by atoms with van der Waals surface area (Å²) in [5.74, 6) is -2.47. The van der Waals surface area contributed by atoms with Crippen LogP contribution in [0.5, 0.6) is 0 Å². The number of piperazine rings is 1. The molecule has 15 heteroatoms. The highest BCUT2D eigenvalue weighted by Gasteiger charge is 2.45. The van der Waals surface area contributed by atoms with Crippen molar-refractivity contribution in [3.05, 3.63) is 138 Å². The molecular weight excluding hydrogens is 817 g/mol. The van der Waals surface area contributed by atoms with Crippen molar-refractivity contribution in [2.75, 3.05) is 39.3 Å². The van der Waals surface area contributed by atoms with E-state index < -0.39 is 53.8 Å². The number of nitrogens with zero attached hydrogens (tertiary/aromatic N) is 4. The van der Waals surface area contributed by atoms with Crippen LogP contribution in [-0.4, -0.2) is 113 Å². The summed E-state index contributed by atoms with van der Waals surface area (Å²) in [5.41, 5.74) is 9.01. The molecule has 0 bridgehead atoms. The predicted octanol–water partition coefficient (Wildman–Crippen LogP) is 6.21. The van der Waals surface area contributed by atoms with Crippen molar-refractivity contribution in [2.45, 2.75) is 69.7 Å². The molecule has 15 nitrogen and oxygen atoms in total. The number of benzene rings is 4. The molecule has 2 aliphatic rings. The number of ether oxygens (including phenoxy) is 2. The quantitative estimate of drug-likeness (QED) is 0.0752. The number of carbonyl (C=O) groups excluding carboxylic acids is 6. The maximum atomic E-state index is 14.8. The summed E-state index contributed by atoms with van der Waals surface area (Å²) in [6.45, 7) is 1.31. The van der Waals surface area contributed by atoms with Crippen molar-refractivity contribution in [3.8, 4) is 0 Å². The average Bonchev–Trinajstić information content (AvgIpc) is 3.97. The predicted molar refractivity (Wildman–Crippen MR) is 237 cm³/mol. The second kappa shape index (κ2) is 22.0. The van der Waals surface area contributed by atoms with E-state index in [2.05, 4.69) is 10.3 Å². The van der Waals surface area contributed by atoms with Gasteiger partial charge in [0.2, 0.25) is 11.7 Å². The van der Waals surface area contributed by atoms with Crippen molar-refractivity contribution < 1.29 is 42.7 Å². The zero-order valence-corrected chi connectivity index (χ0v) is 35.7. The Kier molecular flexibility index (Phi) is 15.5. The molecular formula is C49H54N6O9. The lowest BCUT2D eigenvalue weighted by Crippen LogP contribution is -2.52. The highest BCUT2D eigenvalue weighted by atomic mass is 16.6. The Balaban J connectivity index is 1.10. The summed E-state index contributed by atoms with van der Waals surface area (Å²) in [4.78, 5) is 92.5. The number of hydrogen-bond donors (Lipinski definition) is 2. The van der Waals surface area contributed by atoms with Gasteiger partial charge >= 0.3 is 12.2 Å². The summed E-state index contributed by atoms with van der Waals surface area (Å²) >= 11 is 0. The Labute approximate surface area is 371 Å². The first-order chi connectivity index (χ1) is 31.2. The number of alkyl carbamates (subject to hydrolysis) is 1. The van der Waals surface area contributed by atoms with E-state index in [0.29, 0.717) is 62.0 Å². The Hall–Kier alpha value is -6.87. The molecule has 0 radical (unpaired) electrons. The van der Waals surface area contributed by atoms with Gasteiger partial charge in [-0.15, -0.1) is 0 Å². The van der Waals surface area contributed by atoms with E-state index in [4.69, 9.17) is 19.6 Å². The fourth-order valence-corrected chi connectivity index (χ4v) is 8.22. The molecule has 4 atom stereocenters. The number of carbonyl (C=O) groups is 6. The highest BCUT2D eigenvalue weighted by molar-refractivity contribution is 6.00. The van der Waals surface area contributed by atoms with Gasteiger partial charge in [0.25, 0.3) is 11.8 Å². The van der Waals surface area contributed by atoms with E-state index in [1.54, 1.807) is 53.4 Å². The zero-order chi connectivity index (χ0) is 44.8. The molecule has 0 aliphatic carbocycles. The van der Waals surface area contributed by atoms with Gasteiger partial charge in [-0.05, 0) is 67.6 Å². The molecule has 2 fully saturated rings. The number of nitrogens with one attached hydrogen (secondary N) is 1. The van der Waals surface area contributed by atoms with Gasteiger partial charge in [-0.25, -0.2) is 14.6 Å². The molecule has 3 heterocycles. The number of aryl methyl sites for hydroxylation is 1. The van der Waals surface area contributed by atoms with Crippen LogP contribution in [0.4, 0.5) is 9.59 Å². The summed E-state index contributed by atoms with van der Waals surface area (Å²) in [5, 5.41) is 2.76. The second-order valence-corrected chi connectivity index (χ2v) is 16.2. The van der Waals surface area contributed by atoms with Gasteiger partial charge in [-0.1, -0.05) is 97.4 Å². The van der Waals surface area contributed by atoms with Crippen LogP contribution < -0.4 is 11.1 Å². The summed E-state index contributed by atoms with van der Waals surface area (Å²) in [7, 11) is 0. The highest BCUT2D eigenvalue weighted by Crippen LogP contribution is 2.29. The molecule has 2 aliphatic heterocycles. The van der Waals surface area contributed by atoms with E-state index in [9.17, 15) is 28.8 Å². The molecule has 0 saturated carbocycles. The largest absolute Gasteiger partial charge is 0.445 e. The minimum Gasteiger partial charge on any atom is -0.445 e. The molecule has 0 spiro atoms. The van der Waals surface area contributed by atoms with Crippen molar-refractivity contribution in [1.82, 2.24) is 25.0 Å². The average molecular weight is 871 g/mol. The number of hydrogen-bond acceptors (Lipinski definition) is 11. The molecule has 4 aromatic carbocycles. The Morgan fingerprint density at radius 1 is 0.766 bits per heavy atom. The first kappa shape index (κ1) is 45.2. The number of nitrogens with two attached hydrogens (primary N) is 1. The van der Waals surface area contributed by atoms with Crippen LogP contribution in [-0.2, 0) is 32.1 Å². The van der Waals surface area contributed by atoms with Crippen LogP contribution in [0.25, 0.3) is 11.1 Å². The van der Waals surface area contributed by atoms with E-state index >= 15 is 0 Å². The molecule has 3 N–H and O–H groups in total. The zero-order valence-electron chi connectivity index (χ0n) is 35.7. The van der Waals surface area contributed by atoms with Gasteiger partial charge in [-0.2, -0.15) is 0 Å². The molecule has 64 heavy (non-hydrogen) atoms. The molecule has 0 unspecified atom stereocenters. The first-order valence-corrected chi connectivity index (χ1v) is 21.9. The van der Waals surface area contributed by atoms with Crippen LogP contribution in [0.2, 0.25) is 0 Å². The number of ketones is 2. The Morgan fingerprint density at radius 3 is 2.09 bits per heavy atom. The van der Waals surface area contributed by atoms with Gasteiger partial charge in [0.15, 0.2) is 11.4 Å². The summed E-state index contributed by atoms with van der Waals surface area (Å²) < 4.78 is 17.4. The van der Waals surface area contributed by atoms with Gasteiger partial charge in [0.1, 0.15) is 24.3 Å².